The second-order valence-corrected chi connectivity index (χ2v) is 10.2. The molecule has 2 unspecified atom stereocenters. The summed E-state index contributed by atoms with van der Waals surface area (Å²) >= 11 is 0. The number of hydrogen-bond acceptors (Lipinski definition) is 7. The number of aliphatic hydroxyl groups excluding tert-OH is 1. The molecule has 4 N–H and O–H groups in total. The van der Waals surface area contributed by atoms with Gasteiger partial charge in [-0.1, -0.05) is 12.1 Å². The number of methoxy groups -OCH3 is 1. The fourth-order valence-corrected chi connectivity index (χ4v) is 4.51. The van der Waals surface area contributed by atoms with Crippen LogP contribution in [0.4, 0.5) is 4.79 Å². The van der Waals surface area contributed by atoms with Crippen molar-refractivity contribution in [2.45, 2.75) is 63.9 Å². The summed E-state index contributed by atoms with van der Waals surface area (Å²) in [7, 11) is 1.57. The number of carbonyl (C=O) groups is 4. The van der Waals surface area contributed by atoms with Crippen LogP contribution in [0, 0.1) is 5.92 Å². The van der Waals surface area contributed by atoms with E-state index in [-0.39, 0.29) is 25.4 Å². The van der Waals surface area contributed by atoms with Crippen LogP contribution >= 0.6 is 0 Å². The maximum atomic E-state index is 13.4. The van der Waals surface area contributed by atoms with E-state index in [4.69, 9.17) is 15.2 Å². The molecule has 0 radical (unpaired) electrons. The first-order valence-electron chi connectivity index (χ1n) is 11.5. The van der Waals surface area contributed by atoms with Crippen LogP contribution in [0.15, 0.2) is 24.3 Å². The van der Waals surface area contributed by atoms with Crippen LogP contribution in [-0.4, -0.2) is 82.2 Å². The molecule has 1 aromatic carbocycles. The molecule has 2 saturated heterocycles. The van der Waals surface area contributed by atoms with Gasteiger partial charge in [-0.15, -0.1) is 0 Å². The van der Waals surface area contributed by atoms with Gasteiger partial charge in [-0.3, -0.25) is 19.3 Å². The van der Waals surface area contributed by atoms with E-state index in [9.17, 15) is 24.3 Å². The van der Waals surface area contributed by atoms with Gasteiger partial charge < -0.3 is 30.5 Å². The first-order chi connectivity index (χ1) is 16.3. The molecule has 2 aliphatic heterocycles. The van der Waals surface area contributed by atoms with Gasteiger partial charge in [0.15, 0.2) is 0 Å². The molecule has 1 aromatic rings. The molecule has 0 aliphatic carbocycles. The number of primary amides is 1. The fraction of sp³-hybridized carbons (Fsp3) is 0.583. The number of likely N-dealkylation sites (tertiary alicyclic amines) is 2. The predicted molar refractivity (Wildman–Crippen MR) is 125 cm³/mol. The fourth-order valence-electron chi connectivity index (χ4n) is 4.51. The molecule has 0 aromatic heterocycles. The van der Waals surface area contributed by atoms with Gasteiger partial charge in [-0.05, 0) is 51.8 Å². The Morgan fingerprint density at radius 1 is 1.26 bits per heavy atom. The van der Waals surface area contributed by atoms with E-state index < -0.39 is 47.1 Å². The largest absolute Gasteiger partial charge is 0.497 e. The summed E-state index contributed by atoms with van der Waals surface area (Å²) in [6.07, 6.45) is -1.81. The Kier molecular flexibility index (Phi) is 7.30. The third kappa shape index (κ3) is 5.50. The van der Waals surface area contributed by atoms with Gasteiger partial charge in [-0.2, -0.15) is 0 Å². The molecule has 11 heteroatoms. The molecule has 11 nitrogen and oxygen atoms in total. The Morgan fingerprint density at radius 3 is 2.37 bits per heavy atom. The van der Waals surface area contributed by atoms with Crippen molar-refractivity contribution in [1.29, 1.82) is 0 Å². The van der Waals surface area contributed by atoms with Gasteiger partial charge in [0.2, 0.25) is 11.8 Å². The summed E-state index contributed by atoms with van der Waals surface area (Å²) in [5.41, 5.74) is 4.17. The van der Waals surface area contributed by atoms with Crippen molar-refractivity contribution < 1.29 is 33.8 Å². The van der Waals surface area contributed by atoms with E-state index in [1.165, 1.54) is 11.8 Å². The second kappa shape index (κ2) is 9.73. The van der Waals surface area contributed by atoms with Crippen molar-refractivity contribution >= 4 is 23.8 Å². The predicted octanol–water partition coefficient (Wildman–Crippen LogP) is 0.384. The average Bonchev–Trinajstić information content (AvgIpc) is 3.18. The zero-order valence-electron chi connectivity index (χ0n) is 20.7. The minimum Gasteiger partial charge on any atom is -0.497 e. The van der Waals surface area contributed by atoms with E-state index in [1.807, 2.05) is 12.1 Å². The van der Waals surface area contributed by atoms with E-state index in [0.717, 1.165) is 5.56 Å². The third-order valence-electron chi connectivity index (χ3n) is 6.25. The van der Waals surface area contributed by atoms with Crippen molar-refractivity contribution in [2.24, 2.45) is 11.7 Å². The van der Waals surface area contributed by atoms with Crippen molar-refractivity contribution in [3.63, 3.8) is 0 Å². The number of carbonyl (C=O) groups excluding carboxylic acids is 4. The van der Waals surface area contributed by atoms with Crippen molar-refractivity contribution in [3.8, 4) is 5.75 Å². The molecule has 192 valence electrons. The highest BCUT2D eigenvalue weighted by Crippen LogP contribution is 2.43. The SMILES string of the molecule is COc1ccc(CN2CC3(CC(C(=O)N[C@H](C(N)=O)[C@@H](C)O)CN3C(=O)OC(C)(C)C)C2=O)cc1. The van der Waals surface area contributed by atoms with Gasteiger partial charge in [0, 0.05) is 13.1 Å². The Bertz CT molecular complexity index is 989. The monoisotopic (exact) mass is 490 g/mol. The Labute approximate surface area is 204 Å². The van der Waals surface area contributed by atoms with E-state index >= 15 is 0 Å². The number of rotatable bonds is 7. The highest BCUT2D eigenvalue weighted by molar-refractivity contribution is 5.98. The molecular weight excluding hydrogens is 456 g/mol. The lowest BCUT2D eigenvalue weighted by atomic mass is 9.82. The minimum atomic E-state index is -1.28. The molecule has 3 rings (SSSR count). The topological polar surface area (TPSA) is 151 Å². The highest BCUT2D eigenvalue weighted by atomic mass is 16.6. The number of nitrogens with zero attached hydrogens (tertiary/aromatic N) is 2. The Morgan fingerprint density at radius 2 is 1.89 bits per heavy atom. The van der Waals surface area contributed by atoms with Crippen LogP contribution in [0.2, 0.25) is 0 Å². The summed E-state index contributed by atoms with van der Waals surface area (Å²) in [4.78, 5) is 53.9. The molecule has 2 aliphatic rings. The summed E-state index contributed by atoms with van der Waals surface area (Å²) < 4.78 is 10.7. The zero-order chi connectivity index (χ0) is 26.1. The number of nitrogens with one attached hydrogen (secondary N) is 1. The lowest BCUT2D eigenvalue weighted by Crippen LogP contribution is -2.72. The maximum absolute atomic E-state index is 13.4. The molecule has 2 heterocycles. The van der Waals surface area contributed by atoms with Crippen LogP contribution in [0.3, 0.4) is 0 Å². The molecule has 35 heavy (non-hydrogen) atoms. The van der Waals surface area contributed by atoms with Crippen molar-refractivity contribution in [2.75, 3.05) is 20.2 Å². The van der Waals surface area contributed by atoms with Crippen LogP contribution in [-0.2, 0) is 25.7 Å². The minimum absolute atomic E-state index is 0.0614. The molecular formula is C24H34N4O7. The first-order valence-corrected chi connectivity index (χ1v) is 11.5. The summed E-state index contributed by atoms with van der Waals surface area (Å²) in [6, 6.07) is 6.03. The number of aliphatic hydroxyl groups is 1. The van der Waals surface area contributed by atoms with Crippen molar-refractivity contribution in [1.82, 2.24) is 15.1 Å². The summed E-state index contributed by atoms with van der Waals surface area (Å²) in [5.74, 6) is -1.81. The second-order valence-electron chi connectivity index (χ2n) is 10.2. The van der Waals surface area contributed by atoms with E-state index in [0.29, 0.717) is 12.3 Å². The van der Waals surface area contributed by atoms with Gasteiger partial charge in [0.05, 0.1) is 25.7 Å². The van der Waals surface area contributed by atoms with E-state index in [1.54, 1.807) is 44.9 Å². The van der Waals surface area contributed by atoms with Crippen LogP contribution < -0.4 is 15.8 Å². The summed E-state index contributed by atoms with van der Waals surface area (Å²) in [6.45, 7) is 7.01. The van der Waals surface area contributed by atoms with Crippen LogP contribution in [0.25, 0.3) is 0 Å². The number of ether oxygens (including phenoxy) is 2. The molecule has 0 saturated carbocycles. The first kappa shape index (κ1) is 26.3. The average molecular weight is 491 g/mol. The number of nitrogens with two attached hydrogens (primary N) is 1. The van der Waals surface area contributed by atoms with E-state index in [2.05, 4.69) is 5.32 Å². The molecule has 2 fully saturated rings. The van der Waals surface area contributed by atoms with Gasteiger partial charge in [0.1, 0.15) is 22.9 Å². The third-order valence-corrected chi connectivity index (χ3v) is 6.25. The number of hydrogen-bond donors (Lipinski definition) is 3. The smallest absolute Gasteiger partial charge is 0.411 e. The lowest BCUT2D eigenvalue weighted by Gasteiger charge is -2.50. The number of β-lactam (4-membered cyclic amide) rings is 1. The highest BCUT2D eigenvalue weighted by Gasteiger charge is 2.63. The standard InChI is InChI=1S/C24H34N4O7/c1-14(29)18(19(25)30)26-20(31)16-10-24(28(12-16)22(33)35-23(2,3)4)13-27(21(24)32)11-15-6-8-17(34-5)9-7-15/h6-9,14,16,18,29H,10-13H2,1-5H3,(H2,25,30)(H,26,31)/t14-,16?,18+,24?/m1/s1. The Hall–Kier alpha value is -3.34. The van der Waals surface area contributed by atoms with Gasteiger partial charge in [-0.25, -0.2) is 4.79 Å². The Balaban J connectivity index is 1.79. The van der Waals surface area contributed by atoms with Crippen LogP contribution in [0.1, 0.15) is 39.7 Å². The molecule has 4 atom stereocenters. The van der Waals surface area contributed by atoms with Crippen molar-refractivity contribution in [3.05, 3.63) is 29.8 Å². The summed E-state index contributed by atoms with van der Waals surface area (Å²) in [5, 5.41) is 12.2. The van der Waals surface area contributed by atoms with Crippen LogP contribution in [0.5, 0.6) is 5.75 Å². The molecule has 4 amide bonds. The normalized spacial score (nSPS) is 23.5. The lowest BCUT2D eigenvalue weighted by molar-refractivity contribution is -0.161. The quantitative estimate of drug-likeness (QED) is 0.468. The van der Waals surface area contributed by atoms with Gasteiger partial charge >= 0.3 is 6.09 Å². The molecule has 1 spiro atoms. The maximum Gasteiger partial charge on any atom is 0.411 e. The molecule has 0 bridgehead atoms. The zero-order valence-corrected chi connectivity index (χ0v) is 20.7. The van der Waals surface area contributed by atoms with Gasteiger partial charge in [0.25, 0.3) is 5.91 Å². The number of amides is 4. The number of benzene rings is 1.